The van der Waals surface area contributed by atoms with E-state index in [0.29, 0.717) is 12.2 Å². The van der Waals surface area contributed by atoms with E-state index in [9.17, 15) is 9.59 Å². The molecular weight excluding hydrogens is 342 g/mol. The van der Waals surface area contributed by atoms with Crippen LogP contribution in [0.2, 0.25) is 0 Å². The summed E-state index contributed by atoms with van der Waals surface area (Å²) in [6.45, 7) is 0. The van der Waals surface area contributed by atoms with E-state index in [1.165, 1.54) is 6.08 Å². The highest BCUT2D eigenvalue weighted by atomic mass is 79.9. The van der Waals surface area contributed by atoms with Gasteiger partial charge in [0.05, 0.1) is 0 Å². The molecule has 4 nitrogen and oxygen atoms in total. The molecule has 108 valence electrons. The van der Waals surface area contributed by atoms with E-state index < -0.39 is 17.9 Å². The van der Waals surface area contributed by atoms with Crippen molar-refractivity contribution in [2.75, 3.05) is 12.0 Å². The molecule has 0 heterocycles. The number of amides is 1. The molecular formula is C14H16BrNO3S. The van der Waals surface area contributed by atoms with Crippen molar-refractivity contribution >= 4 is 45.6 Å². The third kappa shape index (κ3) is 5.79. The molecule has 0 aliphatic rings. The fourth-order valence-electron chi connectivity index (χ4n) is 1.49. The topological polar surface area (TPSA) is 66.4 Å². The van der Waals surface area contributed by atoms with Gasteiger partial charge in [-0.25, -0.2) is 4.79 Å². The first kappa shape index (κ1) is 16.8. The second-order valence-electron chi connectivity index (χ2n) is 4.04. The van der Waals surface area contributed by atoms with Crippen molar-refractivity contribution in [3.05, 3.63) is 40.4 Å². The summed E-state index contributed by atoms with van der Waals surface area (Å²) in [7, 11) is 0. The molecule has 20 heavy (non-hydrogen) atoms. The maximum atomic E-state index is 11.7. The number of hydrogen-bond acceptors (Lipinski definition) is 3. The van der Waals surface area contributed by atoms with Crippen molar-refractivity contribution in [3.8, 4) is 0 Å². The lowest BCUT2D eigenvalue weighted by molar-refractivity contribution is -0.141. The zero-order valence-corrected chi connectivity index (χ0v) is 13.4. The van der Waals surface area contributed by atoms with E-state index in [4.69, 9.17) is 5.11 Å². The first-order chi connectivity index (χ1) is 9.54. The zero-order valence-electron chi connectivity index (χ0n) is 11.0. The van der Waals surface area contributed by atoms with E-state index in [0.717, 1.165) is 10.0 Å². The molecule has 6 heteroatoms. The van der Waals surface area contributed by atoms with Crippen LogP contribution >= 0.6 is 27.7 Å². The Kier molecular flexibility index (Phi) is 7.40. The lowest BCUT2D eigenvalue weighted by Gasteiger charge is -2.12. The van der Waals surface area contributed by atoms with Crippen LogP contribution in [0.3, 0.4) is 0 Å². The smallest absolute Gasteiger partial charge is 0.326 e. The molecule has 1 amide bonds. The third-order valence-electron chi connectivity index (χ3n) is 2.54. The summed E-state index contributed by atoms with van der Waals surface area (Å²) in [5.41, 5.74) is 0.860. The Labute approximate surface area is 130 Å². The van der Waals surface area contributed by atoms with Crippen molar-refractivity contribution in [2.45, 2.75) is 12.5 Å². The first-order valence-corrected chi connectivity index (χ1v) is 8.18. The van der Waals surface area contributed by atoms with Gasteiger partial charge in [-0.3, -0.25) is 4.79 Å². The summed E-state index contributed by atoms with van der Waals surface area (Å²) in [6, 6.07) is 6.62. The Morgan fingerprint density at radius 3 is 2.75 bits per heavy atom. The third-order valence-corrected chi connectivity index (χ3v) is 3.91. The number of carbonyl (C=O) groups excluding carboxylic acids is 1. The molecule has 1 rings (SSSR count). The summed E-state index contributed by atoms with van der Waals surface area (Å²) >= 11 is 4.92. The van der Waals surface area contributed by atoms with Crippen molar-refractivity contribution in [3.63, 3.8) is 0 Å². The number of rotatable bonds is 7. The monoisotopic (exact) mass is 357 g/mol. The van der Waals surface area contributed by atoms with Crippen LogP contribution in [0, 0.1) is 0 Å². The predicted molar refractivity (Wildman–Crippen MR) is 85.7 cm³/mol. The minimum Gasteiger partial charge on any atom is -0.480 e. The largest absolute Gasteiger partial charge is 0.480 e. The van der Waals surface area contributed by atoms with Crippen LogP contribution in [0.15, 0.2) is 34.8 Å². The molecule has 0 aromatic heterocycles. The van der Waals surface area contributed by atoms with Gasteiger partial charge < -0.3 is 10.4 Å². The molecule has 2 N–H and O–H groups in total. The number of halogens is 1. The van der Waals surface area contributed by atoms with Crippen LogP contribution in [0.5, 0.6) is 0 Å². The summed E-state index contributed by atoms with van der Waals surface area (Å²) in [4.78, 5) is 22.7. The number of nitrogens with one attached hydrogen (secondary N) is 1. The molecule has 0 aliphatic carbocycles. The van der Waals surface area contributed by atoms with E-state index in [1.54, 1.807) is 17.8 Å². The van der Waals surface area contributed by atoms with Crippen LogP contribution in [0.1, 0.15) is 12.0 Å². The highest BCUT2D eigenvalue weighted by Crippen LogP contribution is 2.16. The van der Waals surface area contributed by atoms with Crippen LogP contribution in [0.25, 0.3) is 6.08 Å². The number of hydrogen-bond donors (Lipinski definition) is 2. The van der Waals surface area contributed by atoms with E-state index in [1.807, 2.05) is 30.5 Å². The number of carbonyl (C=O) groups is 2. The Balaban J connectivity index is 2.61. The number of carboxylic acids is 1. The molecule has 0 bridgehead atoms. The minimum absolute atomic E-state index is 0.408. The number of thioether (sulfide) groups is 1. The predicted octanol–water partition coefficient (Wildman–Crippen LogP) is 2.78. The number of benzene rings is 1. The van der Waals surface area contributed by atoms with Crippen molar-refractivity contribution in [1.82, 2.24) is 5.32 Å². The number of aliphatic carboxylic acids is 1. The Morgan fingerprint density at radius 2 is 2.15 bits per heavy atom. The quantitative estimate of drug-likeness (QED) is 0.736. The highest BCUT2D eigenvalue weighted by molar-refractivity contribution is 9.10. The second kappa shape index (κ2) is 8.81. The molecule has 0 unspecified atom stereocenters. The van der Waals surface area contributed by atoms with Gasteiger partial charge >= 0.3 is 5.97 Å². The van der Waals surface area contributed by atoms with Gasteiger partial charge in [-0.2, -0.15) is 11.8 Å². The van der Waals surface area contributed by atoms with E-state index in [2.05, 4.69) is 21.2 Å². The van der Waals surface area contributed by atoms with Crippen molar-refractivity contribution in [2.24, 2.45) is 0 Å². The van der Waals surface area contributed by atoms with Gasteiger partial charge in [0.2, 0.25) is 5.91 Å². The van der Waals surface area contributed by atoms with Gasteiger partial charge in [0.15, 0.2) is 0 Å². The summed E-state index contributed by atoms with van der Waals surface area (Å²) in [5, 5.41) is 11.5. The zero-order chi connectivity index (χ0) is 15.0. The van der Waals surface area contributed by atoms with Crippen molar-refractivity contribution in [1.29, 1.82) is 0 Å². The molecule has 1 aromatic rings. The Morgan fingerprint density at radius 1 is 1.45 bits per heavy atom. The SMILES string of the molecule is CSCC[C@@H](NC(=O)/C=C/c1ccccc1Br)C(=O)O. The molecule has 0 fully saturated rings. The van der Waals surface area contributed by atoms with Crippen molar-refractivity contribution < 1.29 is 14.7 Å². The number of carboxylic acid groups (broad SMARTS) is 1. The maximum absolute atomic E-state index is 11.7. The fourth-order valence-corrected chi connectivity index (χ4v) is 2.38. The average molecular weight is 358 g/mol. The lowest BCUT2D eigenvalue weighted by Crippen LogP contribution is -2.40. The van der Waals surface area contributed by atoms with Gasteiger partial charge in [0, 0.05) is 10.5 Å². The average Bonchev–Trinajstić information content (AvgIpc) is 2.42. The Bertz CT molecular complexity index is 505. The summed E-state index contributed by atoms with van der Waals surface area (Å²) < 4.78 is 0.876. The standard InChI is InChI=1S/C14H16BrNO3S/c1-20-9-8-12(14(18)19)16-13(17)7-6-10-4-2-3-5-11(10)15/h2-7,12H,8-9H2,1H3,(H,16,17)(H,18,19)/b7-6+/t12-/m1/s1. The molecule has 0 saturated carbocycles. The minimum atomic E-state index is -1.01. The van der Waals surface area contributed by atoms with E-state index in [-0.39, 0.29) is 0 Å². The molecule has 0 aliphatic heterocycles. The van der Waals surface area contributed by atoms with Crippen LogP contribution in [0.4, 0.5) is 0 Å². The Hall–Kier alpha value is -1.27. The normalized spacial score (nSPS) is 12.3. The molecule has 0 saturated heterocycles. The molecule has 0 radical (unpaired) electrons. The molecule has 0 spiro atoms. The fraction of sp³-hybridized carbons (Fsp3) is 0.286. The first-order valence-electron chi connectivity index (χ1n) is 5.99. The van der Waals surface area contributed by atoms with Gasteiger partial charge in [-0.15, -0.1) is 0 Å². The molecule has 1 aromatic carbocycles. The molecule has 1 atom stereocenters. The lowest BCUT2D eigenvalue weighted by atomic mass is 10.2. The summed E-state index contributed by atoms with van der Waals surface area (Å²) in [5.74, 6) is -0.735. The highest BCUT2D eigenvalue weighted by Gasteiger charge is 2.17. The summed E-state index contributed by atoms with van der Waals surface area (Å²) in [6.07, 6.45) is 5.29. The second-order valence-corrected chi connectivity index (χ2v) is 5.88. The van der Waals surface area contributed by atoms with Crippen LogP contribution < -0.4 is 5.32 Å². The van der Waals surface area contributed by atoms with Gasteiger partial charge in [-0.05, 0) is 36.1 Å². The van der Waals surface area contributed by atoms with E-state index >= 15 is 0 Å². The van der Waals surface area contributed by atoms with Crippen LogP contribution in [-0.2, 0) is 9.59 Å². The maximum Gasteiger partial charge on any atom is 0.326 e. The van der Waals surface area contributed by atoms with Gasteiger partial charge in [-0.1, -0.05) is 34.1 Å². The van der Waals surface area contributed by atoms with Gasteiger partial charge in [0.25, 0.3) is 0 Å². The van der Waals surface area contributed by atoms with Crippen LogP contribution in [-0.4, -0.2) is 35.0 Å². The van der Waals surface area contributed by atoms with Gasteiger partial charge in [0.1, 0.15) is 6.04 Å².